The molecule has 0 spiro atoms. The normalized spacial score (nSPS) is 14.5. The molecule has 7 nitrogen and oxygen atoms in total. The number of carbonyl (C=O) groups excluding carboxylic acids is 1. The molecule has 0 fully saturated rings. The fourth-order valence-corrected chi connectivity index (χ4v) is 5.13. The van der Waals surface area contributed by atoms with Gasteiger partial charge in [0.15, 0.2) is 11.6 Å². The lowest BCUT2D eigenvalue weighted by molar-refractivity contribution is 0.103. The standard InChI is InChI=1S/C22H14FN3O4S2/c23-14-5-8-16(9-6-14)26-17-10-7-15(24-22(27)19-4-2-12-31-19)13-20(17)32(28,29)25-21(26)18-3-1-11-30-18/h1-13H,(H,24,27). The van der Waals surface area contributed by atoms with Gasteiger partial charge < -0.3 is 9.73 Å². The van der Waals surface area contributed by atoms with Crippen molar-refractivity contribution in [3.8, 4) is 0 Å². The van der Waals surface area contributed by atoms with E-state index in [1.807, 2.05) is 0 Å². The Kier molecular flexibility index (Phi) is 4.87. The molecule has 0 radical (unpaired) electrons. The second-order valence-electron chi connectivity index (χ2n) is 6.79. The lowest BCUT2D eigenvalue weighted by Crippen LogP contribution is -2.32. The minimum Gasteiger partial charge on any atom is -0.461 e. The molecule has 0 saturated heterocycles. The molecule has 2 aromatic carbocycles. The summed E-state index contributed by atoms with van der Waals surface area (Å²) in [6, 6.07) is 16.7. The molecule has 4 aromatic rings. The van der Waals surface area contributed by atoms with Crippen LogP contribution in [-0.2, 0) is 10.0 Å². The number of rotatable bonds is 4. The van der Waals surface area contributed by atoms with Gasteiger partial charge in [-0.3, -0.25) is 9.69 Å². The summed E-state index contributed by atoms with van der Waals surface area (Å²) in [6.45, 7) is 0. The molecule has 32 heavy (non-hydrogen) atoms. The predicted octanol–water partition coefficient (Wildman–Crippen LogP) is 5.02. The minimum absolute atomic E-state index is 0.0458. The predicted molar refractivity (Wildman–Crippen MR) is 120 cm³/mol. The number of sulfonamides is 1. The molecule has 160 valence electrons. The lowest BCUT2D eigenvalue weighted by Gasteiger charge is -2.30. The number of furan rings is 1. The van der Waals surface area contributed by atoms with Crippen LogP contribution in [-0.4, -0.2) is 20.2 Å². The van der Waals surface area contributed by atoms with Crippen LogP contribution in [0.1, 0.15) is 15.4 Å². The molecule has 0 unspecified atom stereocenters. The fourth-order valence-electron chi connectivity index (χ4n) is 3.31. The number of thiophene rings is 1. The van der Waals surface area contributed by atoms with Crippen molar-refractivity contribution in [3.63, 3.8) is 0 Å². The number of anilines is 3. The van der Waals surface area contributed by atoms with Crippen molar-refractivity contribution in [1.29, 1.82) is 0 Å². The highest BCUT2D eigenvalue weighted by Crippen LogP contribution is 2.39. The summed E-state index contributed by atoms with van der Waals surface area (Å²) < 4.78 is 49.0. The SMILES string of the molecule is O=C(Nc1ccc2c(c1)S(=O)(=O)N=C(c1ccco1)N2c1ccc(F)cc1)c1cccs1. The van der Waals surface area contributed by atoms with E-state index in [2.05, 4.69) is 9.71 Å². The van der Waals surface area contributed by atoms with Crippen LogP contribution in [0.4, 0.5) is 21.5 Å². The fraction of sp³-hybridized carbons (Fsp3) is 0. The molecule has 1 aliphatic heterocycles. The van der Waals surface area contributed by atoms with Gasteiger partial charge in [-0.05, 0) is 66.0 Å². The molecule has 3 heterocycles. The molecular formula is C22H14FN3O4S2. The van der Waals surface area contributed by atoms with Crippen molar-refractivity contribution >= 4 is 50.2 Å². The monoisotopic (exact) mass is 467 g/mol. The van der Waals surface area contributed by atoms with Crippen LogP contribution in [0.25, 0.3) is 0 Å². The van der Waals surface area contributed by atoms with Gasteiger partial charge in [0.05, 0.1) is 16.8 Å². The summed E-state index contributed by atoms with van der Waals surface area (Å²) in [6.07, 6.45) is 1.41. The van der Waals surface area contributed by atoms with Crippen molar-refractivity contribution < 1.29 is 22.0 Å². The van der Waals surface area contributed by atoms with Crippen molar-refractivity contribution in [1.82, 2.24) is 0 Å². The molecule has 1 amide bonds. The van der Waals surface area contributed by atoms with Gasteiger partial charge in [0.25, 0.3) is 15.9 Å². The van der Waals surface area contributed by atoms with E-state index in [0.717, 1.165) is 0 Å². The van der Waals surface area contributed by atoms with E-state index in [9.17, 15) is 17.6 Å². The summed E-state index contributed by atoms with van der Waals surface area (Å²) >= 11 is 1.27. The molecule has 0 saturated carbocycles. The third kappa shape index (κ3) is 3.59. The molecule has 1 aliphatic rings. The minimum atomic E-state index is -4.11. The Balaban J connectivity index is 1.63. The van der Waals surface area contributed by atoms with Crippen LogP contribution >= 0.6 is 11.3 Å². The number of amides is 1. The molecule has 5 rings (SSSR count). The number of hydrogen-bond donors (Lipinski definition) is 1. The van der Waals surface area contributed by atoms with Gasteiger partial charge in [-0.2, -0.15) is 8.42 Å². The molecule has 10 heteroatoms. The van der Waals surface area contributed by atoms with Crippen molar-refractivity contribution in [3.05, 3.63) is 94.8 Å². The Morgan fingerprint density at radius 2 is 1.88 bits per heavy atom. The zero-order valence-electron chi connectivity index (χ0n) is 16.2. The third-order valence-corrected chi connectivity index (χ3v) is 6.89. The number of hydrogen-bond acceptors (Lipinski definition) is 6. The molecule has 0 atom stereocenters. The molecule has 2 aromatic heterocycles. The number of nitrogens with one attached hydrogen (secondary N) is 1. The van der Waals surface area contributed by atoms with E-state index < -0.39 is 15.8 Å². The highest BCUT2D eigenvalue weighted by Gasteiger charge is 2.34. The zero-order valence-corrected chi connectivity index (χ0v) is 17.9. The van der Waals surface area contributed by atoms with Crippen LogP contribution in [0.3, 0.4) is 0 Å². The Morgan fingerprint density at radius 3 is 2.56 bits per heavy atom. The second-order valence-corrected chi connectivity index (χ2v) is 9.31. The summed E-state index contributed by atoms with van der Waals surface area (Å²) in [7, 11) is -4.11. The van der Waals surface area contributed by atoms with Crippen LogP contribution < -0.4 is 10.2 Å². The van der Waals surface area contributed by atoms with E-state index in [4.69, 9.17) is 4.42 Å². The van der Waals surface area contributed by atoms with Crippen LogP contribution in [0.15, 0.2) is 92.1 Å². The average Bonchev–Trinajstić information content (AvgIpc) is 3.49. The molecule has 1 N–H and O–H groups in total. The van der Waals surface area contributed by atoms with Crippen LogP contribution in [0.5, 0.6) is 0 Å². The molecule has 0 bridgehead atoms. The maximum atomic E-state index is 13.5. The lowest BCUT2D eigenvalue weighted by atomic mass is 10.2. The maximum Gasteiger partial charge on any atom is 0.286 e. The van der Waals surface area contributed by atoms with Gasteiger partial charge in [0.2, 0.25) is 0 Å². The van der Waals surface area contributed by atoms with E-state index in [0.29, 0.717) is 21.9 Å². The first-order valence-electron chi connectivity index (χ1n) is 9.36. The third-order valence-electron chi connectivity index (χ3n) is 4.73. The topological polar surface area (TPSA) is 92.0 Å². The zero-order chi connectivity index (χ0) is 22.3. The second kappa shape index (κ2) is 7.74. The first-order valence-corrected chi connectivity index (χ1v) is 11.7. The summed E-state index contributed by atoms with van der Waals surface area (Å²) in [4.78, 5) is 14.4. The average molecular weight is 468 g/mol. The van der Waals surface area contributed by atoms with Gasteiger partial charge in [0.1, 0.15) is 10.7 Å². The Labute approximate surface area is 186 Å². The van der Waals surface area contributed by atoms with Crippen molar-refractivity contribution in [2.45, 2.75) is 4.90 Å². The van der Waals surface area contributed by atoms with Crippen LogP contribution in [0.2, 0.25) is 0 Å². The van der Waals surface area contributed by atoms with Gasteiger partial charge in [0, 0.05) is 11.4 Å². The first-order chi connectivity index (χ1) is 15.4. The Hall–Kier alpha value is -3.76. The van der Waals surface area contributed by atoms with Gasteiger partial charge in [-0.1, -0.05) is 6.07 Å². The molecule has 0 aliphatic carbocycles. The summed E-state index contributed by atoms with van der Waals surface area (Å²) in [5, 5.41) is 4.48. The summed E-state index contributed by atoms with van der Waals surface area (Å²) in [5.41, 5.74) is 1.10. The van der Waals surface area contributed by atoms with Gasteiger partial charge >= 0.3 is 0 Å². The number of nitrogens with zero attached hydrogens (tertiary/aromatic N) is 2. The van der Waals surface area contributed by atoms with E-state index >= 15 is 0 Å². The number of fused-ring (bicyclic) bond motifs is 1. The highest BCUT2D eigenvalue weighted by atomic mass is 32.2. The number of benzene rings is 2. The van der Waals surface area contributed by atoms with Crippen molar-refractivity contribution in [2.75, 3.05) is 10.2 Å². The van der Waals surface area contributed by atoms with E-state index in [1.165, 1.54) is 47.9 Å². The quantitative estimate of drug-likeness (QED) is 0.455. The number of halogens is 1. The van der Waals surface area contributed by atoms with Crippen molar-refractivity contribution in [2.24, 2.45) is 4.40 Å². The Morgan fingerprint density at radius 1 is 1.06 bits per heavy atom. The van der Waals surface area contributed by atoms with Gasteiger partial charge in [-0.25, -0.2) is 4.39 Å². The van der Waals surface area contributed by atoms with Gasteiger partial charge in [-0.15, -0.1) is 15.7 Å². The maximum absolute atomic E-state index is 13.5. The number of carbonyl (C=O) groups is 1. The van der Waals surface area contributed by atoms with Crippen LogP contribution in [0, 0.1) is 5.82 Å². The molecular weight excluding hydrogens is 453 g/mol. The number of amidine groups is 1. The first kappa shape index (κ1) is 20.2. The summed E-state index contributed by atoms with van der Waals surface area (Å²) in [5.74, 6) is -0.492. The Bertz CT molecular complexity index is 1430. The largest absolute Gasteiger partial charge is 0.461 e. The van der Waals surface area contributed by atoms with E-state index in [1.54, 1.807) is 46.7 Å². The van der Waals surface area contributed by atoms with E-state index in [-0.39, 0.29) is 22.4 Å². The highest BCUT2D eigenvalue weighted by molar-refractivity contribution is 7.90. The smallest absolute Gasteiger partial charge is 0.286 e.